The number of amides is 1. The maximum atomic E-state index is 11.9. The Kier molecular flexibility index (Phi) is 1.63. The first kappa shape index (κ1) is 8.84. The van der Waals surface area contributed by atoms with E-state index in [0.717, 1.165) is 12.8 Å². The molecule has 2 fully saturated rings. The van der Waals surface area contributed by atoms with Crippen LogP contribution in [0, 0.1) is 5.92 Å². The summed E-state index contributed by atoms with van der Waals surface area (Å²) < 4.78 is 35.6. The Labute approximate surface area is 73.5 Å². The van der Waals surface area contributed by atoms with Crippen LogP contribution in [0.3, 0.4) is 0 Å². The molecule has 2 aliphatic carbocycles. The summed E-state index contributed by atoms with van der Waals surface area (Å²) in [5, 5.41) is 2.11. The fraction of sp³-hybridized carbons (Fsp3) is 0.875. The average molecular weight is 193 g/mol. The quantitative estimate of drug-likeness (QED) is 0.709. The van der Waals surface area contributed by atoms with Crippen LogP contribution in [0.2, 0.25) is 0 Å². The minimum absolute atomic E-state index is 0.304. The zero-order valence-corrected chi connectivity index (χ0v) is 6.95. The van der Waals surface area contributed by atoms with Crippen molar-refractivity contribution in [2.45, 2.75) is 37.4 Å². The summed E-state index contributed by atoms with van der Waals surface area (Å²) in [5.74, 6) is -1.48. The largest absolute Gasteiger partial charge is 0.471 e. The first-order chi connectivity index (χ1) is 5.94. The predicted molar refractivity (Wildman–Crippen MR) is 38.9 cm³/mol. The van der Waals surface area contributed by atoms with E-state index in [-0.39, 0.29) is 0 Å². The summed E-state index contributed by atoms with van der Waals surface area (Å²) in [5.41, 5.74) is -0.480. The Morgan fingerprint density at radius 3 is 2.15 bits per heavy atom. The van der Waals surface area contributed by atoms with Gasteiger partial charge in [-0.05, 0) is 31.6 Å². The summed E-state index contributed by atoms with van der Waals surface area (Å²) in [7, 11) is 0. The van der Waals surface area contributed by atoms with Gasteiger partial charge in [0.2, 0.25) is 0 Å². The van der Waals surface area contributed by atoms with Crippen LogP contribution in [0.4, 0.5) is 13.2 Å². The van der Waals surface area contributed by atoms with Crippen molar-refractivity contribution >= 4 is 5.91 Å². The Morgan fingerprint density at radius 1 is 1.31 bits per heavy atom. The van der Waals surface area contributed by atoms with Gasteiger partial charge in [0.05, 0.1) is 0 Å². The minimum Gasteiger partial charge on any atom is -0.343 e. The number of hydrogen-bond acceptors (Lipinski definition) is 1. The third-order valence-corrected chi connectivity index (χ3v) is 2.77. The number of rotatable bonds is 2. The van der Waals surface area contributed by atoms with Gasteiger partial charge in [-0.1, -0.05) is 0 Å². The Balaban J connectivity index is 1.94. The number of carbonyl (C=O) groups is 1. The van der Waals surface area contributed by atoms with E-state index in [4.69, 9.17) is 0 Å². The van der Waals surface area contributed by atoms with E-state index in [1.54, 1.807) is 0 Å². The van der Waals surface area contributed by atoms with Crippen LogP contribution in [-0.2, 0) is 4.79 Å². The molecule has 0 radical (unpaired) electrons. The van der Waals surface area contributed by atoms with Crippen molar-refractivity contribution < 1.29 is 18.0 Å². The van der Waals surface area contributed by atoms with E-state index in [2.05, 4.69) is 5.32 Å². The number of carbonyl (C=O) groups excluding carboxylic acids is 1. The number of hydrogen-bond donors (Lipinski definition) is 1. The lowest BCUT2D eigenvalue weighted by atomic mass is 10.1. The fourth-order valence-corrected chi connectivity index (χ4v) is 1.70. The van der Waals surface area contributed by atoms with Crippen molar-refractivity contribution in [3.8, 4) is 0 Å². The molecule has 2 aliphatic rings. The smallest absolute Gasteiger partial charge is 0.343 e. The minimum atomic E-state index is -4.73. The van der Waals surface area contributed by atoms with Gasteiger partial charge in [-0.25, -0.2) is 0 Å². The van der Waals surface area contributed by atoms with Crippen molar-refractivity contribution in [3.05, 3.63) is 0 Å². The molecule has 1 amide bonds. The summed E-state index contributed by atoms with van der Waals surface area (Å²) >= 11 is 0. The molecule has 0 heterocycles. The van der Waals surface area contributed by atoms with E-state index in [1.165, 1.54) is 0 Å². The van der Waals surface area contributed by atoms with E-state index in [1.807, 2.05) is 0 Å². The monoisotopic (exact) mass is 193 g/mol. The van der Waals surface area contributed by atoms with Crippen LogP contribution in [0.15, 0.2) is 0 Å². The lowest BCUT2D eigenvalue weighted by Crippen LogP contribution is -2.45. The molecule has 0 atom stereocenters. The molecule has 13 heavy (non-hydrogen) atoms. The number of alkyl halides is 3. The summed E-state index contributed by atoms with van der Waals surface area (Å²) in [6.45, 7) is 0. The zero-order chi connectivity index (χ0) is 9.69. The topological polar surface area (TPSA) is 29.1 Å². The lowest BCUT2D eigenvalue weighted by molar-refractivity contribution is -0.174. The summed E-state index contributed by atoms with van der Waals surface area (Å²) in [4.78, 5) is 10.6. The van der Waals surface area contributed by atoms with Crippen molar-refractivity contribution in [3.63, 3.8) is 0 Å². The highest BCUT2D eigenvalue weighted by molar-refractivity contribution is 5.82. The van der Waals surface area contributed by atoms with Crippen LogP contribution < -0.4 is 5.32 Å². The first-order valence-electron chi connectivity index (χ1n) is 4.33. The van der Waals surface area contributed by atoms with Crippen LogP contribution in [0.5, 0.6) is 0 Å². The SMILES string of the molecule is O=C(NC1(C2CC2)CC1)C(F)(F)F. The molecule has 2 rings (SSSR count). The maximum Gasteiger partial charge on any atom is 0.471 e. The molecule has 74 valence electrons. The molecule has 0 aromatic carbocycles. The Bertz CT molecular complexity index is 240. The van der Waals surface area contributed by atoms with E-state index >= 15 is 0 Å². The molecule has 0 saturated heterocycles. The van der Waals surface area contributed by atoms with Crippen molar-refractivity contribution in [2.75, 3.05) is 0 Å². The maximum absolute atomic E-state index is 11.9. The van der Waals surface area contributed by atoms with Crippen molar-refractivity contribution in [1.82, 2.24) is 5.32 Å². The van der Waals surface area contributed by atoms with Crippen LogP contribution in [0.25, 0.3) is 0 Å². The summed E-state index contributed by atoms with van der Waals surface area (Å²) in [6, 6.07) is 0. The molecule has 2 nitrogen and oxygen atoms in total. The van der Waals surface area contributed by atoms with Crippen LogP contribution >= 0.6 is 0 Å². The van der Waals surface area contributed by atoms with Gasteiger partial charge in [0.25, 0.3) is 0 Å². The second-order valence-corrected chi connectivity index (χ2v) is 3.88. The molecule has 0 aromatic heterocycles. The highest BCUT2D eigenvalue weighted by atomic mass is 19.4. The fourth-order valence-electron chi connectivity index (χ4n) is 1.70. The second-order valence-electron chi connectivity index (χ2n) is 3.88. The highest BCUT2D eigenvalue weighted by Crippen LogP contribution is 2.53. The van der Waals surface area contributed by atoms with Gasteiger partial charge >= 0.3 is 12.1 Å². The van der Waals surface area contributed by atoms with E-state index < -0.39 is 17.6 Å². The van der Waals surface area contributed by atoms with Crippen LogP contribution in [-0.4, -0.2) is 17.6 Å². The van der Waals surface area contributed by atoms with Crippen molar-refractivity contribution in [1.29, 1.82) is 0 Å². The molecule has 2 saturated carbocycles. The van der Waals surface area contributed by atoms with E-state index in [9.17, 15) is 18.0 Å². The second kappa shape index (κ2) is 2.39. The molecule has 0 unspecified atom stereocenters. The van der Waals surface area contributed by atoms with Gasteiger partial charge < -0.3 is 5.32 Å². The van der Waals surface area contributed by atoms with Gasteiger partial charge in [-0.15, -0.1) is 0 Å². The Morgan fingerprint density at radius 2 is 1.85 bits per heavy atom. The predicted octanol–water partition coefficient (Wildman–Crippen LogP) is 1.61. The van der Waals surface area contributed by atoms with E-state index in [0.29, 0.717) is 18.8 Å². The summed E-state index contributed by atoms with van der Waals surface area (Å²) in [6.07, 6.45) is -1.40. The van der Waals surface area contributed by atoms with Crippen molar-refractivity contribution in [2.24, 2.45) is 5.92 Å². The average Bonchev–Trinajstić information content (AvgIpc) is 2.80. The third kappa shape index (κ3) is 1.64. The molecule has 0 spiro atoms. The molecule has 5 heteroatoms. The molecule has 0 aliphatic heterocycles. The van der Waals surface area contributed by atoms with Gasteiger partial charge in [0.1, 0.15) is 0 Å². The normalized spacial score (nSPS) is 25.5. The molecule has 0 bridgehead atoms. The first-order valence-corrected chi connectivity index (χ1v) is 4.33. The van der Waals surface area contributed by atoms with Gasteiger partial charge in [0, 0.05) is 5.54 Å². The van der Waals surface area contributed by atoms with Gasteiger partial charge in [0.15, 0.2) is 0 Å². The van der Waals surface area contributed by atoms with Gasteiger partial charge in [-0.2, -0.15) is 13.2 Å². The molecule has 1 N–H and O–H groups in total. The molecular weight excluding hydrogens is 183 g/mol. The van der Waals surface area contributed by atoms with Gasteiger partial charge in [-0.3, -0.25) is 4.79 Å². The standard InChI is InChI=1S/C8H10F3NO/c9-8(10,11)6(13)12-7(3-4-7)5-1-2-5/h5H,1-4H2,(H,12,13). The highest BCUT2D eigenvalue weighted by Gasteiger charge is 2.57. The zero-order valence-electron chi connectivity index (χ0n) is 6.95. The lowest BCUT2D eigenvalue weighted by Gasteiger charge is -2.17. The van der Waals surface area contributed by atoms with Crippen LogP contribution in [0.1, 0.15) is 25.7 Å². The number of halogens is 3. The number of nitrogens with one attached hydrogen (secondary N) is 1. The molecular formula is C8H10F3NO. The third-order valence-electron chi connectivity index (χ3n) is 2.77. The Hall–Kier alpha value is -0.740. The molecule has 0 aromatic rings.